The first-order valence-electron chi connectivity index (χ1n) is 6.82. The number of carbonyl (C=O) groups is 1. The molecular formula is C15H12BrNO6S. The van der Waals surface area contributed by atoms with Crippen LogP contribution in [0.1, 0.15) is 10.4 Å². The van der Waals surface area contributed by atoms with Crippen molar-refractivity contribution in [3.63, 3.8) is 0 Å². The summed E-state index contributed by atoms with van der Waals surface area (Å²) < 4.78 is 38.7. The highest BCUT2D eigenvalue weighted by molar-refractivity contribution is 9.10. The second-order valence-electron chi connectivity index (χ2n) is 4.91. The van der Waals surface area contributed by atoms with Gasteiger partial charge in [-0.05, 0) is 24.3 Å². The lowest BCUT2D eigenvalue weighted by Gasteiger charge is -2.20. The molecule has 0 aromatic heterocycles. The summed E-state index contributed by atoms with van der Waals surface area (Å²) in [7, 11) is -3.94. The van der Waals surface area contributed by atoms with E-state index < -0.39 is 16.0 Å². The molecule has 0 atom stereocenters. The van der Waals surface area contributed by atoms with Gasteiger partial charge in [0.25, 0.3) is 10.0 Å². The Hall–Kier alpha value is -2.26. The molecule has 1 aliphatic heterocycles. The second kappa shape index (κ2) is 6.33. The molecule has 126 valence electrons. The summed E-state index contributed by atoms with van der Waals surface area (Å²) in [6.07, 6.45) is 0. The smallest absolute Gasteiger partial charge is 0.337 e. The highest BCUT2D eigenvalue weighted by atomic mass is 79.9. The standard InChI is InChI=1S/C15H12BrNO6S/c16-9-1-3-10(4-2-9)24(20,21)17-12-8-14-13(22-5-6-23-14)7-11(12)15(18)19/h1-4,7-8,17H,5-6H2,(H,18,19). The van der Waals surface area contributed by atoms with Crippen LogP contribution in [0.3, 0.4) is 0 Å². The van der Waals surface area contributed by atoms with Crippen molar-refractivity contribution in [3.8, 4) is 11.5 Å². The second-order valence-corrected chi connectivity index (χ2v) is 7.50. The number of halogens is 1. The minimum absolute atomic E-state index is 0.0110. The van der Waals surface area contributed by atoms with Crippen LogP contribution in [0.4, 0.5) is 5.69 Å². The number of anilines is 1. The van der Waals surface area contributed by atoms with E-state index in [9.17, 15) is 18.3 Å². The lowest BCUT2D eigenvalue weighted by atomic mass is 10.1. The first-order chi connectivity index (χ1) is 11.4. The molecule has 3 rings (SSSR count). The molecule has 0 saturated carbocycles. The van der Waals surface area contributed by atoms with E-state index >= 15 is 0 Å². The maximum absolute atomic E-state index is 12.5. The normalized spacial score (nSPS) is 13.4. The Balaban J connectivity index is 2.02. The molecule has 0 bridgehead atoms. The van der Waals surface area contributed by atoms with Crippen molar-refractivity contribution in [3.05, 3.63) is 46.4 Å². The number of rotatable bonds is 4. The van der Waals surface area contributed by atoms with Gasteiger partial charge in [0.05, 0.1) is 16.1 Å². The fourth-order valence-electron chi connectivity index (χ4n) is 2.17. The number of sulfonamides is 1. The van der Waals surface area contributed by atoms with E-state index in [1.54, 1.807) is 12.1 Å². The quantitative estimate of drug-likeness (QED) is 0.798. The van der Waals surface area contributed by atoms with Crippen LogP contribution >= 0.6 is 15.9 Å². The van der Waals surface area contributed by atoms with Gasteiger partial charge in [-0.2, -0.15) is 0 Å². The van der Waals surface area contributed by atoms with E-state index in [0.29, 0.717) is 19.0 Å². The van der Waals surface area contributed by atoms with Crippen LogP contribution in [0.25, 0.3) is 0 Å². The number of hydrogen-bond acceptors (Lipinski definition) is 5. The third kappa shape index (κ3) is 3.31. The Labute approximate surface area is 146 Å². The van der Waals surface area contributed by atoms with Crippen LogP contribution in [0.15, 0.2) is 45.8 Å². The summed E-state index contributed by atoms with van der Waals surface area (Å²) in [6.45, 7) is 0.606. The summed E-state index contributed by atoms with van der Waals surface area (Å²) in [5, 5.41) is 9.33. The first kappa shape index (κ1) is 16.6. The minimum Gasteiger partial charge on any atom is -0.486 e. The van der Waals surface area contributed by atoms with Crippen molar-refractivity contribution in [2.24, 2.45) is 0 Å². The molecule has 1 heterocycles. The molecule has 2 aromatic rings. The molecule has 0 saturated heterocycles. The summed E-state index contributed by atoms with van der Waals surface area (Å²) in [5.41, 5.74) is -0.311. The van der Waals surface area contributed by atoms with Gasteiger partial charge in [0.15, 0.2) is 11.5 Å². The molecule has 2 aromatic carbocycles. The maximum atomic E-state index is 12.5. The summed E-state index contributed by atoms with van der Waals surface area (Å²) in [4.78, 5) is 11.4. The average molecular weight is 414 g/mol. The number of fused-ring (bicyclic) bond motifs is 1. The van der Waals surface area contributed by atoms with Gasteiger partial charge >= 0.3 is 5.97 Å². The van der Waals surface area contributed by atoms with E-state index in [-0.39, 0.29) is 21.9 Å². The summed E-state index contributed by atoms with van der Waals surface area (Å²) in [6, 6.07) is 8.54. The molecule has 0 spiro atoms. The Kier molecular flexibility index (Phi) is 4.37. The SMILES string of the molecule is O=C(O)c1cc2c(cc1NS(=O)(=O)c1ccc(Br)cc1)OCCO2. The fraction of sp³-hybridized carbons (Fsp3) is 0.133. The molecule has 2 N–H and O–H groups in total. The fourth-order valence-corrected chi connectivity index (χ4v) is 3.50. The molecule has 1 aliphatic rings. The van der Waals surface area contributed by atoms with Crippen molar-refractivity contribution < 1.29 is 27.8 Å². The van der Waals surface area contributed by atoms with Crippen LogP contribution in [0, 0.1) is 0 Å². The molecule has 0 aliphatic carbocycles. The van der Waals surface area contributed by atoms with Crippen molar-refractivity contribution >= 4 is 37.6 Å². The van der Waals surface area contributed by atoms with Crippen molar-refractivity contribution in [2.45, 2.75) is 4.90 Å². The molecule has 0 amide bonds. The number of hydrogen-bond donors (Lipinski definition) is 2. The lowest BCUT2D eigenvalue weighted by molar-refractivity contribution is 0.0697. The van der Waals surface area contributed by atoms with Crippen LogP contribution in [-0.2, 0) is 10.0 Å². The van der Waals surface area contributed by atoms with Gasteiger partial charge in [-0.15, -0.1) is 0 Å². The molecule has 7 nitrogen and oxygen atoms in total. The van der Waals surface area contributed by atoms with Crippen molar-refractivity contribution in [1.82, 2.24) is 0 Å². The molecular weight excluding hydrogens is 402 g/mol. The largest absolute Gasteiger partial charge is 0.486 e. The van der Waals surface area contributed by atoms with Gasteiger partial charge in [0, 0.05) is 16.6 Å². The summed E-state index contributed by atoms with van der Waals surface area (Å²) in [5.74, 6) is -0.717. The van der Waals surface area contributed by atoms with E-state index in [0.717, 1.165) is 4.47 Å². The first-order valence-corrected chi connectivity index (χ1v) is 9.10. The minimum atomic E-state index is -3.94. The van der Waals surface area contributed by atoms with E-state index in [1.165, 1.54) is 24.3 Å². The van der Waals surface area contributed by atoms with Crippen molar-refractivity contribution in [2.75, 3.05) is 17.9 Å². The van der Waals surface area contributed by atoms with E-state index in [1.807, 2.05) is 0 Å². The maximum Gasteiger partial charge on any atom is 0.337 e. The Morgan fingerprint density at radius 1 is 1.08 bits per heavy atom. The van der Waals surface area contributed by atoms with Crippen LogP contribution in [0.2, 0.25) is 0 Å². The zero-order valence-electron chi connectivity index (χ0n) is 12.2. The van der Waals surface area contributed by atoms with Gasteiger partial charge in [0.1, 0.15) is 13.2 Å². The average Bonchev–Trinajstić information content (AvgIpc) is 2.54. The van der Waals surface area contributed by atoms with E-state index in [2.05, 4.69) is 20.7 Å². The lowest BCUT2D eigenvalue weighted by Crippen LogP contribution is -2.19. The molecule has 0 unspecified atom stereocenters. The number of carboxylic acid groups (broad SMARTS) is 1. The van der Waals surface area contributed by atoms with Gasteiger partial charge in [0.2, 0.25) is 0 Å². The Bertz CT molecular complexity index is 895. The highest BCUT2D eigenvalue weighted by Gasteiger charge is 2.23. The monoisotopic (exact) mass is 413 g/mol. The van der Waals surface area contributed by atoms with Crippen molar-refractivity contribution in [1.29, 1.82) is 0 Å². The summed E-state index contributed by atoms with van der Waals surface area (Å²) >= 11 is 3.23. The topological polar surface area (TPSA) is 102 Å². The van der Waals surface area contributed by atoms with Gasteiger partial charge in [-0.25, -0.2) is 13.2 Å². The third-order valence-electron chi connectivity index (χ3n) is 3.28. The number of benzene rings is 2. The van der Waals surface area contributed by atoms with E-state index in [4.69, 9.17) is 9.47 Å². The number of ether oxygens (including phenoxy) is 2. The zero-order chi connectivity index (χ0) is 17.3. The van der Waals surface area contributed by atoms with Gasteiger partial charge in [-0.3, -0.25) is 4.72 Å². The Morgan fingerprint density at radius 3 is 2.25 bits per heavy atom. The van der Waals surface area contributed by atoms with Crippen LogP contribution in [-0.4, -0.2) is 32.7 Å². The molecule has 9 heteroatoms. The zero-order valence-corrected chi connectivity index (χ0v) is 14.6. The molecule has 24 heavy (non-hydrogen) atoms. The predicted octanol–water partition coefficient (Wildman–Crippen LogP) is 2.72. The van der Waals surface area contributed by atoms with Crippen LogP contribution in [0.5, 0.6) is 11.5 Å². The highest BCUT2D eigenvalue weighted by Crippen LogP contribution is 2.36. The van der Waals surface area contributed by atoms with Gasteiger partial charge in [-0.1, -0.05) is 15.9 Å². The van der Waals surface area contributed by atoms with Gasteiger partial charge < -0.3 is 14.6 Å². The number of carboxylic acids is 1. The molecule has 0 fully saturated rings. The van der Waals surface area contributed by atoms with Crippen LogP contribution < -0.4 is 14.2 Å². The number of nitrogens with one attached hydrogen (secondary N) is 1. The number of aromatic carboxylic acids is 1. The third-order valence-corrected chi connectivity index (χ3v) is 5.19. The Morgan fingerprint density at radius 2 is 1.67 bits per heavy atom. The predicted molar refractivity (Wildman–Crippen MR) is 89.3 cm³/mol. The molecule has 0 radical (unpaired) electrons.